The van der Waals surface area contributed by atoms with Gasteiger partial charge in [0.15, 0.2) is 0 Å². The Balaban J connectivity index is 1.92. The molecule has 0 aliphatic rings. The normalized spacial score (nSPS) is 12.8. The maximum Gasteiger partial charge on any atom is 0.0488 e. The lowest BCUT2D eigenvalue weighted by atomic mass is 9.92. The summed E-state index contributed by atoms with van der Waals surface area (Å²) in [6.45, 7) is 2.28. The summed E-state index contributed by atoms with van der Waals surface area (Å²) in [5, 5.41) is 2.68. The Morgan fingerprint density at radius 3 is 2.18 bits per heavy atom. The SMILES string of the molecule is CC(c1ccccc1)c1ccc2c(c1)c1ccccc1n2C. The first-order chi connectivity index (χ1) is 10.8. The summed E-state index contributed by atoms with van der Waals surface area (Å²) in [6.07, 6.45) is 0. The van der Waals surface area contributed by atoms with Crippen LogP contribution in [-0.4, -0.2) is 4.57 Å². The van der Waals surface area contributed by atoms with E-state index in [1.807, 2.05) is 0 Å². The van der Waals surface area contributed by atoms with Crippen LogP contribution in [0.15, 0.2) is 72.8 Å². The van der Waals surface area contributed by atoms with Crippen molar-refractivity contribution in [2.45, 2.75) is 12.8 Å². The molecular weight excluding hydrogens is 266 g/mol. The molecule has 4 aromatic rings. The molecule has 0 aliphatic carbocycles. The van der Waals surface area contributed by atoms with Crippen molar-refractivity contribution in [3.05, 3.63) is 83.9 Å². The van der Waals surface area contributed by atoms with Crippen LogP contribution in [0.1, 0.15) is 24.0 Å². The molecule has 1 aromatic heterocycles. The van der Waals surface area contributed by atoms with E-state index in [0.717, 1.165) is 0 Å². The summed E-state index contributed by atoms with van der Waals surface area (Å²) >= 11 is 0. The Hall–Kier alpha value is -2.54. The van der Waals surface area contributed by atoms with Gasteiger partial charge in [0.2, 0.25) is 0 Å². The molecular formula is C21H19N. The van der Waals surface area contributed by atoms with E-state index in [1.54, 1.807) is 0 Å². The van der Waals surface area contributed by atoms with Gasteiger partial charge in [-0.05, 0) is 29.3 Å². The maximum atomic E-state index is 2.36. The van der Waals surface area contributed by atoms with Crippen LogP contribution < -0.4 is 0 Å². The molecule has 0 spiro atoms. The molecule has 1 heteroatoms. The molecule has 0 amide bonds. The molecule has 1 unspecified atom stereocenters. The smallest absolute Gasteiger partial charge is 0.0488 e. The monoisotopic (exact) mass is 285 g/mol. The van der Waals surface area contributed by atoms with Crippen molar-refractivity contribution in [2.24, 2.45) is 7.05 Å². The molecule has 3 aromatic carbocycles. The van der Waals surface area contributed by atoms with Crippen molar-refractivity contribution in [1.29, 1.82) is 0 Å². The molecule has 1 nitrogen and oxygen atoms in total. The topological polar surface area (TPSA) is 4.93 Å². The fourth-order valence-electron chi connectivity index (χ4n) is 3.39. The first-order valence-corrected chi connectivity index (χ1v) is 7.78. The third-order valence-corrected chi connectivity index (χ3v) is 4.74. The van der Waals surface area contributed by atoms with Crippen molar-refractivity contribution in [1.82, 2.24) is 4.57 Å². The van der Waals surface area contributed by atoms with Crippen molar-refractivity contribution >= 4 is 21.8 Å². The third kappa shape index (κ3) is 1.93. The molecule has 1 heterocycles. The molecule has 0 saturated carbocycles. The van der Waals surface area contributed by atoms with Gasteiger partial charge >= 0.3 is 0 Å². The third-order valence-electron chi connectivity index (χ3n) is 4.74. The highest BCUT2D eigenvalue weighted by Crippen LogP contribution is 2.32. The van der Waals surface area contributed by atoms with E-state index in [0.29, 0.717) is 5.92 Å². The van der Waals surface area contributed by atoms with Gasteiger partial charge in [-0.1, -0.05) is 61.5 Å². The van der Waals surface area contributed by atoms with Gasteiger partial charge in [-0.15, -0.1) is 0 Å². The Morgan fingerprint density at radius 2 is 1.36 bits per heavy atom. The number of nitrogens with zero attached hydrogens (tertiary/aromatic N) is 1. The van der Waals surface area contributed by atoms with Gasteiger partial charge in [-0.25, -0.2) is 0 Å². The number of para-hydroxylation sites is 1. The van der Waals surface area contributed by atoms with Crippen LogP contribution in [0.5, 0.6) is 0 Å². The van der Waals surface area contributed by atoms with Crippen LogP contribution >= 0.6 is 0 Å². The van der Waals surface area contributed by atoms with Gasteiger partial charge in [-0.2, -0.15) is 0 Å². The molecule has 108 valence electrons. The second kappa shape index (κ2) is 5.03. The summed E-state index contributed by atoms with van der Waals surface area (Å²) in [5.74, 6) is 0.407. The summed E-state index contributed by atoms with van der Waals surface area (Å²) in [4.78, 5) is 0. The van der Waals surface area contributed by atoms with E-state index >= 15 is 0 Å². The molecule has 1 atom stereocenters. The van der Waals surface area contributed by atoms with Crippen LogP contribution in [0, 0.1) is 0 Å². The molecule has 4 rings (SSSR count). The average Bonchev–Trinajstić information content (AvgIpc) is 2.88. The molecule has 0 N–H and O–H groups in total. The predicted molar refractivity (Wildman–Crippen MR) is 94.4 cm³/mol. The van der Waals surface area contributed by atoms with Crippen LogP contribution in [-0.2, 0) is 7.05 Å². The number of rotatable bonds is 2. The lowest BCUT2D eigenvalue weighted by molar-refractivity contribution is 0.924. The maximum absolute atomic E-state index is 2.36. The van der Waals surface area contributed by atoms with E-state index in [4.69, 9.17) is 0 Å². The van der Waals surface area contributed by atoms with E-state index < -0.39 is 0 Å². The van der Waals surface area contributed by atoms with Crippen LogP contribution in [0.25, 0.3) is 21.8 Å². The van der Waals surface area contributed by atoms with Crippen molar-refractivity contribution in [3.8, 4) is 0 Å². The van der Waals surface area contributed by atoms with Crippen molar-refractivity contribution < 1.29 is 0 Å². The van der Waals surface area contributed by atoms with E-state index in [9.17, 15) is 0 Å². The predicted octanol–water partition coefficient (Wildman–Crippen LogP) is 5.48. The lowest BCUT2D eigenvalue weighted by Gasteiger charge is -2.12. The Kier molecular flexibility index (Phi) is 3.00. The summed E-state index contributed by atoms with van der Waals surface area (Å²) in [5.41, 5.74) is 5.32. The zero-order chi connectivity index (χ0) is 15.1. The van der Waals surface area contributed by atoms with E-state index in [1.165, 1.54) is 32.9 Å². The standard InChI is InChI=1S/C21H19N/c1-15(16-8-4-3-5-9-16)17-12-13-21-19(14-17)18-10-6-7-11-20(18)22(21)2/h3-15H,1-2H3. The van der Waals surface area contributed by atoms with Crippen molar-refractivity contribution in [3.63, 3.8) is 0 Å². The summed E-state index contributed by atoms with van der Waals surface area (Å²) in [7, 11) is 2.14. The molecule has 0 bridgehead atoms. The van der Waals surface area contributed by atoms with Crippen LogP contribution in [0.3, 0.4) is 0 Å². The molecule has 0 fully saturated rings. The minimum Gasteiger partial charge on any atom is -0.344 e. The lowest BCUT2D eigenvalue weighted by Crippen LogP contribution is -1.95. The number of aromatic nitrogens is 1. The number of hydrogen-bond donors (Lipinski definition) is 0. The summed E-state index contributed by atoms with van der Waals surface area (Å²) < 4.78 is 2.28. The summed E-state index contributed by atoms with van der Waals surface area (Å²) in [6, 6.07) is 26.2. The fourth-order valence-corrected chi connectivity index (χ4v) is 3.39. The van der Waals surface area contributed by atoms with Gasteiger partial charge in [0, 0.05) is 34.8 Å². The second-order valence-electron chi connectivity index (χ2n) is 5.99. The zero-order valence-electron chi connectivity index (χ0n) is 13.0. The largest absolute Gasteiger partial charge is 0.344 e. The minimum atomic E-state index is 0.407. The number of aryl methyl sites for hydroxylation is 1. The van der Waals surface area contributed by atoms with E-state index in [2.05, 4.69) is 91.3 Å². The van der Waals surface area contributed by atoms with E-state index in [-0.39, 0.29) is 0 Å². The van der Waals surface area contributed by atoms with Gasteiger partial charge in [-0.3, -0.25) is 0 Å². The Morgan fingerprint density at radius 1 is 0.682 bits per heavy atom. The average molecular weight is 285 g/mol. The van der Waals surface area contributed by atoms with Gasteiger partial charge in [0.25, 0.3) is 0 Å². The zero-order valence-corrected chi connectivity index (χ0v) is 13.0. The fraction of sp³-hybridized carbons (Fsp3) is 0.143. The quantitative estimate of drug-likeness (QED) is 0.459. The first-order valence-electron chi connectivity index (χ1n) is 7.78. The highest BCUT2D eigenvalue weighted by Gasteiger charge is 2.12. The highest BCUT2D eigenvalue weighted by atomic mass is 14.9. The van der Waals surface area contributed by atoms with Gasteiger partial charge < -0.3 is 4.57 Å². The Bertz CT molecular complexity index is 948. The molecule has 0 aliphatic heterocycles. The number of hydrogen-bond acceptors (Lipinski definition) is 0. The molecule has 0 saturated heterocycles. The minimum absolute atomic E-state index is 0.407. The van der Waals surface area contributed by atoms with Crippen molar-refractivity contribution in [2.75, 3.05) is 0 Å². The second-order valence-corrected chi connectivity index (χ2v) is 5.99. The molecule has 22 heavy (non-hydrogen) atoms. The number of fused-ring (bicyclic) bond motifs is 3. The van der Waals surface area contributed by atoms with Crippen LogP contribution in [0.2, 0.25) is 0 Å². The Labute approximate surface area is 130 Å². The van der Waals surface area contributed by atoms with Gasteiger partial charge in [0.05, 0.1) is 0 Å². The first kappa shape index (κ1) is 13.1. The molecule has 0 radical (unpaired) electrons. The van der Waals surface area contributed by atoms with Crippen LogP contribution in [0.4, 0.5) is 0 Å². The van der Waals surface area contributed by atoms with Gasteiger partial charge in [0.1, 0.15) is 0 Å². The highest BCUT2D eigenvalue weighted by molar-refractivity contribution is 6.08. The number of benzene rings is 3.